The molecule has 2 aliphatic rings. The number of hydrogen-bond acceptors (Lipinski definition) is 3. The lowest BCUT2D eigenvalue weighted by Gasteiger charge is -2.36. The first-order chi connectivity index (χ1) is 13.1. The van der Waals surface area contributed by atoms with E-state index in [0.717, 1.165) is 50.9 Å². The normalized spacial score (nSPS) is 21.5. The fraction of sp³-hybridized carbons (Fsp3) is 0.667. The lowest BCUT2D eigenvalue weighted by atomic mass is 10.0. The minimum Gasteiger partial charge on any atom is -0.370 e. The summed E-state index contributed by atoms with van der Waals surface area (Å²) in [5.41, 5.74) is 7.26. The van der Waals surface area contributed by atoms with Gasteiger partial charge in [-0.3, -0.25) is 4.99 Å². The molecule has 3 rings (SSSR count). The number of unbranched alkanes of at least 4 members (excludes halogenated alkanes) is 1. The Balaban J connectivity index is 0.00000280. The summed E-state index contributed by atoms with van der Waals surface area (Å²) in [6, 6.07) is 7.45. The third kappa shape index (κ3) is 6.76. The first-order valence-corrected chi connectivity index (χ1v) is 10.4. The van der Waals surface area contributed by atoms with Gasteiger partial charge in [0.2, 0.25) is 0 Å². The maximum absolute atomic E-state index is 13.1. The standard InChI is InChI=1S/C21H34FN5.HI/c1-18-6-2-4-12-25(18)13-5-3-11-24-21(23)27-16-14-26(15-17-27)20-9-7-19(22)8-10-20;/h7-10,18H,2-6,11-17H2,1H3,(H2,23,24);1H. The Morgan fingerprint density at radius 1 is 1.07 bits per heavy atom. The second-order valence-electron chi connectivity index (χ2n) is 7.78. The maximum Gasteiger partial charge on any atom is 0.191 e. The fourth-order valence-corrected chi connectivity index (χ4v) is 4.06. The molecule has 158 valence electrons. The summed E-state index contributed by atoms with van der Waals surface area (Å²) >= 11 is 0. The number of nitrogens with zero attached hydrogens (tertiary/aromatic N) is 4. The van der Waals surface area contributed by atoms with E-state index in [0.29, 0.717) is 5.96 Å². The van der Waals surface area contributed by atoms with E-state index in [1.54, 1.807) is 0 Å². The van der Waals surface area contributed by atoms with Gasteiger partial charge in [-0.25, -0.2) is 4.39 Å². The number of piperazine rings is 1. The van der Waals surface area contributed by atoms with Crippen molar-refractivity contribution in [1.82, 2.24) is 9.80 Å². The van der Waals surface area contributed by atoms with Crippen molar-refractivity contribution in [2.45, 2.75) is 45.1 Å². The third-order valence-corrected chi connectivity index (χ3v) is 5.86. The number of anilines is 1. The summed E-state index contributed by atoms with van der Waals surface area (Å²) < 4.78 is 13.1. The van der Waals surface area contributed by atoms with E-state index in [1.165, 1.54) is 50.9 Å². The monoisotopic (exact) mass is 503 g/mol. The van der Waals surface area contributed by atoms with Crippen LogP contribution in [0.5, 0.6) is 0 Å². The van der Waals surface area contributed by atoms with Crippen molar-refractivity contribution in [2.24, 2.45) is 10.7 Å². The van der Waals surface area contributed by atoms with E-state index in [-0.39, 0.29) is 29.8 Å². The van der Waals surface area contributed by atoms with Crippen molar-refractivity contribution < 1.29 is 4.39 Å². The van der Waals surface area contributed by atoms with Gasteiger partial charge in [0.1, 0.15) is 5.82 Å². The van der Waals surface area contributed by atoms with Gasteiger partial charge >= 0.3 is 0 Å². The molecule has 2 aliphatic heterocycles. The Morgan fingerprint density at radius 2 is 1.79 bits per heavy atom. The van der Waals surface area contributed by atoms with Gasteiger partial charge in [-0.05, 0) is 70.0 Å². The molecule has 0 aliphatic carbocycles. The van der Waals surface area contributed by atoms with Crippen LogP contribution in [0.25, 0.3) is 0 Å². The predicted octanol–water partition coefficient (Wildman–Crippen LogP) is 3.54. The van der Waals surface area contributed by atoms with Gasteiger partial charge in [0.25, 0.3) is 0 Å². The highest BCUT2D eigenvalue weighted by molar-refractivity contribution is 14.0. The van der Waals surface area contributed by atoms with Gasteiger partial charge in [-0.1, -0.05) is 6.42 Å². The van der Waals surface area contributed by atoms with Crippen LogP contribution in [0.3, 0.4) is 0 Å². The molecule has 1 aromatic rings. The largest absolute Gasteiger partial charge is 0.370 e. The Hall–Kier alpha value is -1.09. The molecule has 28 heavy (non-hydrogen) atoms. The van der Waals surface area contributed by atoms with E-state index in [9.17, 15) is 4.39 Å². The maximum atomic E-state index is 13.1. The average Bonchev–Trinajstić information content (AvgIpc) is 2.69. The molecular weight excluding hydrogens is 468 g/mol. The molecule has 1 atom stereocenters. The number of piperidine rings is 1. The van der Waals surface area contributed by atoms with Crippen LogP contribution < -0.4 is 10.6 Å². The Morgan fingerprint density at radius 3 is 2.46 bits per heavy atom. The number of rotatable bonds is 6. The van der Waals surface area contributed by atoms with E-state index >= 15 is 0 Å². The number of aliphatic imine (C=N–C) groups is 1. The summed E-state index contributed by atoms with van der Waals surface area (Å²) in [6.07, 6.45) is 6.36. The quantitative estimate of drug-likeness (QED) is 0.279. The molecular formula is C21H35FIN5. The molecule has 0 bridgehead atoms. The van der Waals surface area contributed by atoms with Crippen LogP contribution in [0, 0.1) is 5.82 Å². The second kappa shape index (κ2) is 11.8. The van der Waals surface area contributed by atoms with Crippen molar-refractivity contribution >= 4 is 35.6 Å². The zero-order chi connectivity index (χ0) is 19.1. The smallest absolute Gasteiger partial charge is 0.191 e. The summed E-state index contributed by atoms with van der Waals surface area (Å²) in [5, 5.41) is 0. The first kappa shape index (κ1) is 23.2. The molecule has 0 aromatic heterocycles. The molecule has 0 spiro atoms. The summed E-state index contributed by atoms with van der Waals surface area (Å²) in [7, 11) is 0. The molecule has 0 saturated carbocycles. The van der Waals surface area contributed by atoms with Gasteiger partial charge in [0, 0.05) is 44.5 Å². The van der Waals surface area contributed by atoms with E-state index < -0.39 is 0 Å². The van der Waals surface area contributed by atoms with Crippen LogP contribution in [0.1, 0.15) is 39.0 Å². The van der Waals surface area contributed by atoms with Gasteiger partial charge < -0.3 is 20.4 Å². The number of halogens is 2. The first-order valence-electron chi connectivity index (χ1n) is 10.4. The Bertz CT molecular complexity index is 601. The minimum atomic E-state index is -0.191. The predicted molar refractivity (Wildman–Crippen MR) is 126 cm³/mol. The molecule has 2 saturated heterocycles. The number of guanidine groups is 1. The zero-order valence-electron chi connectivity index (χ0n) is 17.0. The van der Waals surface area contributed by atoms with Gasteiger partial charge in [-0.2, -0.15) is 0 Å². The van der Waals surface area contributed by atoms with Gasteiger partial charge in [0.05, 0.1) is 0 Å². The van der Waals surface area contributed by atoms with Crippen molar-refractivity contribution in [3.63, 3.8) is 0 Å². The van der Waals surface area contributed by atoms with Crippen LogP contribution >= 0.6 is 24.0 Å². The van der Waals surface area contributed by atoms with Crippen molar-refractivity contribution in [3.8, 4) is 0 Å². The number of nitrogens with two attached hydrogens (primary N) is 1. The van der Waals surface area contributed by atoms with E-state index in [4.69, 9.17) is 5.73 Å². The average molecular weight is 503 g/mol. The van der Waals surface area contributed by atoms with Gasteiger partial charge in [0.15, 0.2) is 5.96 Å². The number of hydrogen-bond donors (Lipinski definition) is 1. The summed E-state index contributed by atoms with van der Waals surface area (Å²) in [4.78, 5) is 11.6. The van der Waals surface area contributed by atoms with Crippen LogP contribution in [-0.2, 0) is 0 Å². The Kier molecular flexibility index (Phi) is 9.77. The number of benzene rings is 1. The molecule has 2 heterocycles. The molecule has 0 radical (unpaired) electrons. The van der Waals surface area contributed by atoms with Crippen molar-refractivity contribution in [2.75, 3.05) is 50.7 Å². The third-order valence-electron chi connectivity index (χ3n) is 5.86. The molecule has 5 nitrogen and oxygen atoms in total. The molecule has 1 unspecified atom stereocenters. The van der Waals surface area contributed by atoms with E-state index in [1.807, 2.05) is 12.1 Å². The highest BCUT2D eigenvalue weighted by atomic mass is 127. The molecule has 0 amide bonds. The Labute approximate surface area is 186 Å². The van der Waals surface area contributed by atoms with Crippen LogP contribution in [0.15, 0.2) is 29.3 Å². The highest BCUT2D eigenvalue weighted by Crippen LogP contribution is 2.18. The number of likely N-dealkylation sites (tertiary alicyclic amines) is 1. The topological polar surface area (TPSA) is 48.1 Å². The highest BCUT2D eigenvalue weighted by Gasteiger charge is 2.19. The zero-order valence-corrected chi connectivity index (χ0v) is 19.4. The second-order valence-corrected chi connectivity index (χ2v) is 7.78. The fourth-order valence-electron chi connectivity index (χ4n) is 4.06. The summed E-state index contributed by atoms with van der Waals surface area (Å²) in [6.45, 7) is 9.09. The lowest BCUT2D eigenvalue weighted by molar-refractivity contribution is 0.158. The summed E-state index contributed by atoms with van der Waals surface area (Å²) in [5.74, 6) is 0.476. The molecule has 2 N–H and O–H groups in total. The molecule has 1 aromatic carbocycles. The van der Waals surface area contributed by atoms with Crippen LogP contribution in [0.4, 0.5) is 10.1 Å². The lowest BCUT2D eigenvalue weighted by Crippen LogP contribution is -2.51. The SMILES string of the molecule is CC1CCCCN1CCCCN=C(N)N1CCN(c2ccc(F)cc2)CC1.I. The molecule has 7 heteroatoms. The van der Waals surface area contributed by atoms with E-state index in [2.05, 4.69) is 26.6 Å². The van der Waals surface area contributed by atoms with Crippen molar-refractivity contribution in [1.29, 1.82) is 0 Å². The minimum absolute atomic E-state index is 0. The van der Waals surface area contributed by atoms with Crippen molar-refractivity contribution in [3.05, 3.63) is 30.1 Å². The van der Waals surface area contributed by atoms with Crippen LogP contribution in [-0.4, -0.2) is 67.6 Å². The van der Waals surface area contributed by atoms with Gasteiger partial charge in [-0.15, -0.1) is 24.0 Å². The molecule has 2 fully saturated rings. The van der Waals surface area contributed by atoms with Crippen LogP contribution in [0.2, 0.25) is 0 Å².